The fourth-order valence-corrected chi connectivity index (χ4v) is 1.57. The molecule has 0 unspecified atom stereocenters. The molecule has 66 valence electrons. The molecule has 0 aliphatic rings. The Morgan fingerprint density at radius 2 is 2.46 bits per heavy atom. The lowest BCUT2D eigenvalue weighted by Gasteiger charge is -1.89. The van der Waals surface area contributed by atoms with E-state index < -0.39 is 0 Å². The van der Waals surface area contributed by atoms with Crippen LogP contribution in [0.15, 0.2) is 17.8 Å². The summed E-state index contributed by atoms with van der Waals surface area (Å²) in [6.45, 7) is 1.86. The number of aromatic nitrogens is 3. The number of rotatable bonds is 2. The maximum Gasteiger partial charge on any atom is 0.247 e. The third-order valence-corrected chi connectivity index (χ3v) is 2.34. The highest BCUT2D eigenvalue weighted by Crippen LogP contribution is 2.10. The van der Waals surface area contributed by atoms with Crippen LogP contribution >= 0.6 is 11.3 Å². The molecule has 0 spiro atoms. The summed E-state index contributed by atoms with van der Waals surface area (Å²) in [5, 5.41) is 2.62. The quantitative estimate of drug-likeness (QED) is 0.733. The van der Waals surface area contributed by atoms with Crippen molar-refractivity contribution in [2.75, 3.05) is 0 Å². The summed E-state index contributed by atoms with van der Waals surface area (Å²) in [4.78, 5) is 22.3. The van der Waals surface area contributed by atoms with E-state index in [0.29, 0.717) is 11.5 Å². The van der Waals surface area contributed by atoms with Crippen LogP contribution in [0, 0.1) is 6.92 Å². The van der Waals surface area contributed by atoms with Gasteiger partial charge in [0.05, 0.1) is 5.01 Å². The molecule has 0 saturated carbocycles. The second kappa shape index (κ2) is 3.10. The molecule has 0 aliphatic carbocycles. The molecule has 0 amide bonds. The molecule has 0 fully saturated rings. The van der Waals surface area contributed by atoms with Gasteiger partial charge in [-0.3, -0.25) is 4.79 Å². The molecule has 2 rings (SSSR count). The highest BCUT2D eigenvalue weighted by molar-refractivity contribution is 7.09. The number of nitrogens with one attached hydrogen (secondary N) is 1. The summed E-state index contributed by atoms with van der Waals surface area (Å²) < 4.78 is 0. The van der Waals surface area contributed by atoms with Crippen LogP contribution in [-0.2, 0) is 0 Å². The molecule has 4 nitrogen and oxygen atoms in total. The Labute approximate surface area is 78.7 Å². The number of aryl methyl sites for hydroxylation is 1. The zero-order chi connectivity index (χ0) is 9.26. The van der Waals surface area contributed by atoms with Crippen molar-refractivity contribution in [3.8, 4) is 0 Å². The number of hydrogen-bond acceptors (Lipinski definition) is 4. The van der Waals surface area contributed by atoms with E-state index in [1.54, 1.807) is 17.8 Å². The average Bonchev–Trinajstić information content (AvgIpc) is 2.72. The van der Waals surface area contributed by atoms with Gasteiger partial charge in [-0.2, -0.15) is 0 Å². The largest absolute Gasteiger partial charge is 0.342 e. The number of carbonyl (C=O) groups is 1. The third-order valence-electron chi connectivity index (χ3n) is 1.56. The maximum absolute atomic E-state index is 11.6. The maximum atomic E-state index is 11.6. The molecule has 13 heavy (non-hydrogen) atoms. The Hall–Kier alpha value is -1.49. The topological polar surface area (TPSA) is 58.6 Å². The molecule has 0 aromatic carbocycles. The van der Waals surface area contributed by atoms with Gasteiger partial charge in [-0.1, -0.05) is 0 Å². The Morgan fingerprint density at radius 3 is 3.00 bits per heavy atom. The predicted octanol–water partition coefficient (Wildman–Crippen LogP) is 1.41. The van der Waals surface area contributed by atoms with Crippen molar-refractivity contribution in [1.82, 2.24) is 15.0 Å². The van der Waals surface area contributed by atoms with Crippen LogP contribution in [0.4, 0.5) is 0 Å². The summed E-state index contributed by atoms with van der Waals surface area (Å²) in [5.74, 6) is 0.180. The van der Waals surface area contributed by atoms with Crippen LogP contribution in [-0.4, -0.2) is 20.7 Å². The lowest BCUT2D eigenvalue weighted by atomic mass is 10.3. The summed E-state index contributed by atoms with van der Waals surface area (Å²) in [5.41, 5.74) is 0.456. The standard InChI is InChI=1S/C8H7N3OS/c1-5-11-6(4-13-5)7(12)8-9-2-3-10-8/h2-4H,1H3,(H,9,10). The molecule has 0 radical (unpaired) electrons. The first-order valence-electron chi connectivity index (χ1n) is 3.73. The van der Waals surface area contributed by atoms with Crippen molar-refractivity contribution in [2.45, 2.75) is 6.92 Å². The number of hydrogen-bond donors (Lipinski definition) is 1. The van der Waals surface area contributed by atoms with Gasteiger partial charge in [0.25, 0.3) is 0 Å². The molecule has 2 heterocycles. The number of nitrogens with zero attached hydrogens (tertiary/aromatic N) is 2. The lowest BCUT2D eigenvalue weighted by molar-refractivity contribution is 0.102. The fourth-order valence-electron chi connectivity index (χ4n) is 0.978. The van der Waals surface area contributed by atoms with Crippen molar-refractivity contribution in [2.24, 2.45) is 0 Å². The molecular weight excluding hydrogens is 186 g/mol. The van der Waals surface area contributed by atoms with Gasteiger partial charge in [0, 0.05) is 17.8 Å². The van der Waals surface area contributed by atoms with E-state index >= 15 is 0 Å². The molecule has 5 heteroatoms. The number of H-pyrrole nitrogens is 1. The fraction of sp³-hybridized carbons (Fsp3) is 0.125. The number of thiazole rings is 1. The monoisotopic (exact) mass is 193 g/mol. The first-order chi connectivity index (χ1) is 6.27. The van der Waals surface area contributed by atoms with Gasteiger partial charge in [-0.05, 0) is 6.92 Å². The van der Waals surface area contributed by atoms with Gasteiger partial charge in [-0.25, -0.2) is 9.97 Å². The van der Waals surface area contributed by atoms with E-state index in [9.17, 15) is 4.79 Å². The smallest absolute Gasteiger partial charge is 0.247 e. The predicted molar refractivity (Wildman–Crippen MR) is 48.9 cm³/mol. The number of imidazole rings is 1. The van der Waals surface area contributed by atoms with Crippen LogP contribution in [0.2, 0.25) is 0 Å². The van der Waals surface area contributed by atoms with Crippen molar-refractivity contribution < 1.29 is 4.79 Å². The summed E-state index contributed by atoms with van der Waals surface area (Å²) in [6, 6.07) is 0. The summed E-state index contributed by atoms with van der Waals surface area (Å²) in [7, 11) is 0. The van der Waals surface area contributed by atoms with E-state index in [1.165, 1.54) is 11.3 Å². The zero-order valence-electron chi connectivity index (χ0n) is 6.94. The second-order valence-corrected chi connectivity index (χ2v) is 3.58. The minimum atomic E-state index is -0.158. The van der Waals surface area contributed by atoms with Crippen LogP contribution in [0.3, 0.4) is 0 Å². The van der Waals surface area contributed by atoms with Crippen LogP contribution in [0.5, 0.6) is 0 Å². The Balaban J connectivity index is 2.33. The zero-order valence-corrected chi connectivity index (χ0v) is 7.76. The average molecular weight is 193 g/mol. The minimum Gasteiger partial charge on any atom is -0.342 e. The molecule has 2 aromatic heterocycles. The van der Waals surface area contributed by atoms with Gasteiger partial charge in [0.2, 0.25) is 5.78 Å². The Morgan fingerprint density at radius 1 is 1.62 bits per heavy atom. The molecule has 0 bridgehead atoms. The SMILES string of the molecule is Cc1nc(C(=O)c2ncc[nH]2)cs1. The van der Waals surface area contributed by atoms with Gasteiger partial charge < -0.3 is 4.98 Å². The van der Waals surface area contributed by atoms with E-state index in [-0.39, 0.29) is 5.78 Å². The van der Waals surface area contributed by atoms with Crippen LogP contribution < -0.4 is 0 Å². The number of ketones is 1. The third kappa shape index (κ3) is 1.50. The summed E-state index contributed by atoms with van der Waals surface area (Å²) in [6.07, 6.45) is 3.17. The molecular formula is C8H7N3OS. The van der Waals surface area contributed by atoms with Gasteiger partial charge in [0.1, 0.15) is 5.69 Å². The van der Waals surface area contributed by atoms with Crippen molar-refractivity contribution in [3.05, 3.63) is 34.3 Å². The highest BCUT2D eigenvalue weighted by atomic mass is 32.1. The van der Waals surface area contributed by atoms with Crippen LogP contribution in [0.25, 0.3) is 0 Å². The van der Waals surface area contributed by atoms with E-state index in [0.717, 1.165) is 5.01 Å². The first-order valence-corrected chi connectivity index (χ1v) is 4.61. The number of carbonyl (C=O) groups excluding carboxylic acids is 1. The van der Waals surface area contributed by atoms with Crippen molar-refractivity contribution in [1.29, 1.82) is 0 Å². The van der Waals surface area contributed by atoms with E-state index in [2.05, 4.69) is 15.0 Å². The summed E-state index contributed by atoms with van der Waals surface area (Å²) >= 11 is 1.46. The minimum absolute atomic E-state index is 0.158. The van der Waals surface area contributed by atoms with Crippen molar-refractivity contribution in [3.63, 3.8) is 0 Å². The van der Waals surface area contributed by atoms with E-state index in [4.69, 9.17) is 0 Å². The van der Waals surface area contributed by atoms with Crippen molar-refractivity contribution >= 4 is 17.1 Å². The first kappa shape index (κ1) is 8.12. The second-order valence-electron chi connectivity index (χ2n) is 2.52. The Kier molecular flexibility index (Phi) is 1.94. The van der Waals surface area contributed by atoms with E-state index in [1.807, 2.05) is 6.92 Å². The van der Waals surface area contributed by atoms with Gasteiger partial charge in [-0.15, -0.1) is 11.3 Å². The molecule has 0 saturated heterocycles. The molecule has 1 N–H and O–H groups in total. The van der Waals surface area contributed by atoms with Gasteiger partial charge >= 0.3 is 0 Å². The molecule has 2 aromatic rings. The highest BCUT2D eigenvalue weighted by Gasteiger charge is 2.13. The van der Waals surface area contributed by atoms with Gasteiger partial charge in [0.15, 0.2) is 5.82 Å². The molecule has 0 atom stereocenters. The normalized spacial score (nSPS) is 10.2. The Bertz CT molecular complexity index is 418. The lowest BCUT2D eigenvalue weighted by Crippen LogP contribution is -2.03. The van der Waals surface area contributed by atoms with Crippen LogP contribution in [0.1, 0.15) is 21.3 Å². The number of aromatic amines is 1. The molecule has 0 aliphatic heterocycles.